The van der Waals surface area contributed by atoms with E-state index in [2.05, 4.69) is 19.8 Å². The van der Waals surface area contributed by atoms with Crippen LogP contribution in [-0.2, 0) is 19.6 Å². The van der Waals surface area contributed by atoms with Gasteiger partial charge in [0.15, 0.2) is 11.9 Å². The van der Waals surface area contributed by atoms with Crippen molar-refractivity contribution in [2.45, 2.75) is 17.4 Å². The number of thiophene rings is 1. The van der Waals surface area contributed by atoms with Crippen LogP contribution < -0.4 is 14.8 Å². The first-order chi connectivity index (χ1) is 17.1. The minimum absolute atomic E-state index is 0.0920. The number of fused-ring (bicyclic) bond motifs is 1. The third kappa shape index (κ3) is 6.23. The fraction of sp³-hybridized carbons (Fsp3) is 0.130. The molecule has 0 radical (unpaired) electrons. The molecule has 4 aromatic rings. The first kappa shape index (κ1) is 25.3. The Morgan fingerprint density at radius 3 is 2.50 bits per heavy atom. The number of nitrogens with zero attached hydrogens (tertiary/aromatic N) is 1. The van der Waals surface area contributed by atoms with Gasteiger partial charge >= 0.3 is 6.36 Å². The Balaban J connectivity index is 1.50. The van der Waals surface area contributed by atoms with Crippen LogP contribution in [0.15, 0.2) is 77.8 Å². The molecule has 2 aromatic carbocycles. The summed E-state index contributed by atoms with van der Waals surface area (Å²) in [6, 6.07) is 16.3. The number of halogens is 3. The van der Waals surface area contributed by atoms with Crippen molar-refractivity contribution in [1.82, 2.24) is 4.98 Å². The highest BCUT2D eigenvalue weighted by Gasteiger charge is 2.31. The summed E-state index contributed by atoms with van der Waals surface area (Å²) >= 11 is 1.46. The van der Waals surface area contributed by atoms with Gasteiger partial charge in [-0.1, -0.05) is 18.2 Å². The van der Waals surface area contributed by atoms with E-state index < -0.39 is 28.2 Å². The van der Waals surface area contributed by atoms with E-state index >= 15 is 0 Å². The number of nitrogens with one attached hydrogen (secondary N) is 2. The number of ether oxygens (including phenoxy) is 2. The molecule has 2 aromatic heterocycles. The van der Waals surface area contributed by atoms with Gasteiger partial charge in [0.25, 0.3) is 16.5 Å². The highest BCUT2D eigenvalue weighted by molar-refractivity contribution is 7.92. The fourth-order valence-corrected chi connectivity index (χ4v) is 5.45. The third-order valence-electron chi connectivity index (χ3n) is 4.86. The van der Waals surface area contributed by atoms with Gasteiger partial charge in [0.1, 0.15) is 5.75 Å². The maximum Gasteiger partial charge on any atom is 0.573 e. The molecule has 0 saturated heterocycles. The molecule has 0 aliphatic carbocycles. The first-order valence-electron chi connectivity index (χ1n) is 10.3. The molecule has 188 valence electrons. The number of carbonyl (C=O) groups is 1. The molecule has 36 heavy (non-hydrogen) atoms. The van der Waals surface area contributed by atoms with Crippen LogP contribution in [0.1, 0.15) is 11.0 Å². The van der Waals surface area contributed by atoms with Gasteiger partial charge in [0.05, 0.1) is 17.1 Å². The van der Waals surface area contributed by atoms with Crippen molar-refractivity contribution in [3.63, 3.8) is 0 Å². The molecule has 8 nitrogen and oxygen atoms in total. The second-order valence-electron chi connectivity index (χ2n) is 7.31. The van der Waals surface area contributed by atoms with Gasteiger partial charge in [-0.05, 0) is 53.9 Å². The SMILES string of the molecule is O=CO[C@H](CNc1ncccc1NS(=O)(=O)c1ccc(OC(F)(F)F)cc1)c1cc2ccccc2s1. The lowest BCUT2D eigenvalue weighted by Gasteiger charge is -2.17. The summed E-state index contributed by atoms with van der Waals surface area (Å²) in [4.78, 5) is 15.8. The molecular formula is C23H18F3N3O5S2. The molecule has 1 atom stereocenters. The molecule has 0 aliphatic rings. The van der Waals surface area contributed by atoms with E-state index in [1.54, 1.807) is 0 Å². The number of anilines is 2. The van der Waals surface area contributed by atoms with Crippen molar-refractivity contribution < 1.29 is 35.9 Å². The summed E-state index contributed by atoms with van der Waals surface area (Å²) in [6.45, 7) is 0.436. The predicted molar refractivity (Wildman–Crippen MR) is 128 cm³/mol. The van der Waals surface area contributed by atoms with Crippen molar-refractivity contribution in [3.05, 3.63) is 77.8 Å². The quantitative estimate of drug-likeness (QED) is 0.264. The summed E-state index contributed by atoms with van der Waals surface area (Å²) in [7, 11) is -4.17. The van der Waals surface area contributed by atoms with Crippen LogP contribution in [0.5, 0.6) is 5.75 Å². The molecule has 0 unspecified atom stereocenters. The Bertz CT molecular complexity index is 1420. The molecule has 4 rings (SSSR count). The van der Waals surface area contributed by atoms with Gasteiger partial charge in [-0.25, -0.2) is 13.4 Å². The maximum atomic E-state index is 12.8. The number of carbonyl (C=O) groups excluding carboxylic acids is 1. The average Bonchev–Trinajstić information content (AvgIpc) is 3.26. The number of benzene rings is 2. The Hall–Kier alpha value is -3.84. The molecule has 2 N–H and O–H groups in total. The summed E-state index contributed by atoms with van der Waals surface area (Å²) in [6.07, 6.45) is -4.11. The van der Waals surface area contributed by atoms with E-state index in [0.29, 0.717) is 6.47 Å². The van der Waals surface area contributed by atoms with E-state index in [-0.39, 0.29) is 22.9 Å². The minimum atomic E-state index is -4.89. The Labute approximate surface area is 207 Å². The Kier molecular flexibility index (Phi) is 7.31. The molecule has 0 fully saturated rings. The molecule has 0 spiro atoms. The van der Waals surface area contributed by atoms with Gasteiger partial charge in [-0.15, -0.1) is 24.5 Å². The summed E-state index contributed by atoms with van der Waals surface area (Å²) in [5, 5.41) is 3.98. The van der Waals surface area contributed by atoms with Crippen molar-refractivity contribution in [2.75, 3.05) is 16.6 Å². The van der Waals surface area contributed by atoms with Crippen LogP contribution in [0, 0.1) is 0 Å². The Morgan fingerprint density at radius 1 is 1.06 bits per heavy atom. The summed E-state index contributed by atoms with van der Waals surface area (Å²) in [5.74, 6) is -0.383. The standard InChI is InChI=1S/C23H18F3N3O5S2/c24-23(25,26)34-16-7-9-17(10-8-16)36(31,32)29-18-5-3-11-27-22(18)28-13-19(33-14-30)21-12-15-4-1-2-6-20(15)35-21/h1-12,14,19,29H,13H2,(H,27,28)/t19-/m1/s1. The van der Waals surface area contributed by atoms with Crippen LogP contribution in [0.3, 0.4) is 0 Å². The predicted octanol–water partition coefficient (Wildman–Crippen LogP) is 5.32. The van der Waals surface area contributed by atoms with Crippen molar-refractivity contribution >= 4 is 49.4 Å². The summed E-state index contributed by atoms with van der Waals surface area (Å²) in [5.41, 5.74) is 0.0920. The van der Waals surface area contributed by atoms with Crippen LogP contribution in [0.4, 0.5) is 24.7 Å². The maximum absolute atomic E-state index is 12.8. The zero-order valence-corrected chi connectivity index (χ0v) is 19.9. The van der Waals surface area contributed by atoms with Gasteiger partial charge in [-0.2, -0.15) is 0 Å². The van der Waals surface area contributed by atoms with E-state index in [0.717, 1.165) is 39.2 Å². The molecule has 0 amide bonds. The number of sulfonamides is 1. The molecule has 13 heteroatoms. The van der Waals surface area contributed by atoms with Crippen LogP contribution in [0.25, 0.3) is 10.1 Å². The largest absolute Gasteiger partial charge is 0.573 e. The van der Waals surface area contributed by atoms with E-state index in [1.807, 2.05) is 30.3 Å². The smallest absolute Gasteiger partial charge is 0.457 e. The Morgan fingerprint density at radius 2 is 1.81 bits per heavy atom. The second kappa shape index (κ2) is 10.4. The molecule has 0 aliphatic heterocycles. The number of hydrogen-bond donors (Lipinski definition) is 2. The normalized spacial score (nSPS) is 12.6. The minimum Gasteiger partial charge on any atom is -0.457 e. The highest BCUT2D eigenvalue weighted by atomic mass is 32.2. The lowest BCUT2D eigenvalue weighted by Crippen LogP contribution is -2.19. The number of pyridine rings is 1. The van der Waals surface area contributed by atoms with Gasteiger partial charge in [0, 0.05) is 15.8 Å². The van der Waals surface area contributed by atoms with E-state index in [1.165, 1.54) is 29.7 Å². The fourth-order valence-electron chi connectivity index (χ4n) is 3.29. The van der Waals surface area contributed by atoms with Gasteiger partial charge < -0.3 is 14.8 Å². The van der Waals surface area contributed by atoms with E-state index in [9.17, 15) is 26.4 Å². The van der Waals surface area contributed by atoms with Crippen molar-refractivity contribution in [3.8, 4) is 5.75 Å². The lowest BCUT2D eigenvalue weighted by molar-refractivity contribution is -0.274. The molecule has 0 bridgehead atoms. The van der Waals surface area contributed by atoms with Crippen molar-refractivity contribution in [2.24, 2.45) is 0 Å². The van der Waals surface area contributed by atoms with Gasteiger partial charge in [0.2, 0.25) is 0 Å². The van der Waals surface area contributed by atoms with Crippen LogP contribution in [-0.4, -0.2) is 32.8 Å². The molecule has 0 saturated carbocycles. The lowest BCUT2D eigenvalue weighted by atomic mass is 10.2. The van der Waals surface area contributed by atoms with Crippen molar-refractivity contribution in [1.29, 1.82) is 0 Å². The number of alkyl halides is 3. The van der Waals surface area contributed by atoms with Gasteiger partial charge in [-0.3, -0.25) is 9.52 Å². The number of hydrogen-bond acceptors (Lipinski definition) is 8. The first-order valence-corrected chi connectivity index (χ1v) is 12.6. The van der Waals surface area contributed by atoms with Crippen LogP contribution in [0.2, 0.25) is 0 Å². The number of rotatable bonds is 10. The number of aromatic nitrogens is 1. The average molecular weight is 538 g/mol. The van der Waals surface area contributed by atoms with Crippen LogP contribution >= 0.6 is 11.3 Å². The molecule has 2 heterocycles. The second-order valence-corrected chi connectivity index (χ2v) is 10.1. The molecular weight excluding hydrogens is 519 g/mol. The zero-order valence-electron chi connectivity index (χ0n) is 18.2. The monoisotopic (exact) mass is 537 g/mol. The highest BCUT2D eigenvalue weighted by Crippen LogP contribution is 2.32. The third-order valence-corrected chi connectivity index (χ3v) is 7.45. The summed E-state index contributed by atoms with van der Waals surface area (Å²) < 4.78 is 75.1. The zero-order chi connectivity index (χ0) is 25.8. The van der Waals surface area contributed by atoms with E-state index in [4.69, 9.17) is 4.74 Å². The topological polar surface area (TPSA) is 107 Å².